The average molecular weight is 506 g/mol. The zero-order chi connectivity index (χ0) is 24.9. The van der Waals surface area contributed by atoms with Gasteiger partial charge in [0.25, 0.3) is 20.2 Å². The normalized spacial score (nSPS) is 12.6. The summed E-state index contributed by atoms with van der Waals surface area (Å²) >= 11 is 0. The van der Waals surface area contributed by atoms with E-state index in [0.717, 1.165) is 37.6 Å². The number of hydrogen-bond acceptors (Lipinski definition) is 11. The van der Waals surface area contributed by atoms with E-state index in [1.165, 1.54) is 0 Å². The van der Waals surface area contributed by atoms with Crippen molar-refractivity contribution in [1.29, 1.82) is 0 Å². The van der Waals surface area contributed by atoms with Gasteiger partial charge >= 0.3 is 5.95 Å². The minimum Gasteiger partial charge on any atom is -0.367 e. The molecule has 0 aliphatic rings. The second-order valence-corrected chi connectivity index (χ2v) is 10.5. The minimum absolute atomic E-state index is 0.132. The number of anilines is 3. The minimum atomic E-state index is -4.75. The number of nitrogens with zero attached hydrogens (tertiary/aromatic N) is 4. The largest absolute Gasteiger partial charge is 0.367 e. The number of unbranched alkanes of at least 4 members (excludes halogenated alkanes) is 1. The Hall–Kier alpha value is -2.47. The van der Waals surface area contributed by atoms with Gasteiger partial charge in [0.1, 0.15) is 11.6 Å². The van der Waals surface area contributed by atoms with Crippen LogP contribution in [0, 0.1) is 0 Å². The number of nitrogens with two attached hydrogens (primary N) is 1. The van der Waals surface area contributed by atoms with Crippen molar-refractivity contribution in [1.82, 2.24) is 30.1 Å². The molecule has 14 nitrogen and oxygen atoms in total. The molecule has 0 unspecified atom stereocenters. The fraction of sp³-hybridized carbons (Fsp3) is 0.471. The molecule has 0 bridgehead atoms. The van der Waals surface area contributed by atoms with Gasteiger partial charge in [-0.05, 0) is 31.2 Å². The van der Waals surface area contributed by atoms with Crippen LogP contribution in [0.3, 0.4) is 0 Å². The standard InChI is InChI=1S/C17H28N8O6S2/c1-4-5-8-19-10-20-11-25(2,3)17-23-15(18)22-16(24-17)21-13-9-12(32(26,27)28)6-7-14(13)33(29,30)31/h6-7,9,19-20H,4-5,8,10-11H2,1-3H3,(H4-,18,21,22,23,24,26,27,28,29,30,31)/p+1. The molecule has 184 valence electrons. The van der Waals surface area contributed by atoms with Gasteiger partial charge < -0.3 is 16.4 Å². The van der Waals surface area contributed by atoms with E-state index >= 15 is 0 Å². The Kier molecular flexibility index (Phi) is 8.63. The Morgan fingerprint density at radius 2 is 1.73 bits per heavy atom. The fourth-order valence-corrected chi connectivity index (χ4v) is 3.84. The summed E-state index contributed by atoms with van der Waals surface area (Å²) in [5.74, 6) is -0.137. The fourth-order valence-electron chi connectivity index (χ4n) is 2.70. The van der Waals surface area contributed by atoms with E-state index < -0.39 is 30.0 Å². The molecular formula is C17H29N8O6S2+. The molecule has 0 amide bonds. The van der Waals surface area contributed by atoms with Crippen molar-refractivity contribution in [2.45, 2.75) is 29.6 Å². The lowest BCUT2D eigenvalue weighted by Crippen LogP contribution is -2.50. The van der Waals surface area contributed by atoms with Gasteiger partial charge in [0.05, 0.1) is 31.3 Å². The Morgan fingerprint density at radius 1 is 1.03 bits per heavy atom. The van der Waals surface area contributed by atoms with E-state index in [1.54, 1.807) is 14.1 Å². The third-order valence-corrected chi connectivity index (χ3v) is 6.18. The molecular weight excluding hydrogens is 476 g/mol. The van der Waals surface area contributed by atoms with Crippen molar-refractivity contribution in [3.05, 3.63) is 18.2 Å². The smallest absolute Gasteiger partial charge is 0.336 e. The van der Waals surface area contributed by atoms with Crippen molar-refractivity contribution in [2.24, 2.45) is 0 Å². The number of quaternary nitrogens is 1. The van der Waals surface area contributed by atoms with Gasteiger partial charge in [0.15, 0.2) is 0 Å². The molecule has 0 aliphatic carbocycles. The third kappa shape index (κ3) is 7.81. The van der Waals surface area contributed by atoms with Crippen LogP contribution in [-0.4, -0.2) is 74.9 Å². The number of rotatable bonds is 12. The molecule has 0 radical (unpaired) electrons. The molecule has 1 heterocycles. The maximum Gasteiger partial charge on any atom is 0.336 e. The highest BCUT2D eigenvalue weighted by atomic mass is 32.2. The first-order chi connectivity index (χ1) is 15.2. The van der Waals surface area contributed by atoms with Crippen molar-refractivity contribution in [2.75, 3.05) is 45.0 Å². The summed E-state index contributed by atoms with van der Waals surface area (Å²) in [6.07, 6.45) is 2.14. The molecule has 0 saturated heterocycles. The first-order valence-corrected chi connectivity index (χ1v) is 12.7. The lowest BCUT2D eigenvalue weighted by Gasteiger charge is -2.27. The predicted molar refractivity (Wildman–Crippen MR) is 123 cm³/mol. The number of benzene rings is 1. The molecule has 16 heteroatoms. The molecule has 0 saturated carbocycles. The van der Waals surface area contributed by atoms with Gasteiger partial charge in [-0.1, -0.05) is 13.3 Å². The zero-order valence-corrected chi connectivity index (χ0v) is 20.1. The van der Waals surface area contributed by atoms with Crippen molar-refractivity contribution < 1.29 is 25.9 Å². The Labute approximate surface area is 192 Å². The van der Waals surface area contributed by atoms with E-state index in [4.69, 9.17) is 5.73 Å². The summed E-state index contributed by atoms with van der Waals surface area (Å²) < 4.78 is 65.2. The molecule has 2 aromatic rings. The summed E-state index contributed by atoms with van der Waals surface area (Å²) in [6.45, 7) is 3.95. The predicted octanol–water partition coefficient (Wildman–Crippen LogP) is 0.152. The zero-order valence-electron chi connectivity index (χ0n) is 18.5. The number of hydrogen-bond donors (Lipinski definition) is 6. The highest BCUT2D eigenvalue weighted by Gasteiger charge is 2.26. The van der Waals surface area contributed by atoms with Crippen molar-refractivity contribution in [3.63, 3.8) is 0 Å². The van der Waals surface area contributed by atoms with Crippen LogP contribution in [0.5, 0.6) is 0 Å². The molecule has 0 atom stereocenters. The van der Waals surface area contributed by atoms with Crippen LogP contribution in [0.25, 0.3) is 0 Å². The van der Waals surface area contributed by atoms with Crippen LogP contribution < -0.4 is 26.2 Å². The van der Waals surface area contributed by atoms with Crippen LogP contribution in [0.4, 0.5) is 23.5 Å². The Bertz CT molecular complexity index is 1190. The number of nitrogen functional groups attached to an aromatic ring is 1. The van der Waals surface area contributed by atoms with Crippen LogP contribution in [-0.2, 0) is 20.2 Å². The summed E-state index contributed by atoms with van der Waals surface area (Å²) in [4.78, 5) is 11.0. The van der Waals surface area contributed by atoms with Gasteiger partial charge in [-0.2, -0.15) is 21.8 Å². The van der Waals surface area contributed by atoms with Crippen LogP contribution in [0.1, 0.15) is 19.8 Å². The summed E-state index contributed by atoms with van der Waals surface area (Å²) in [7, 11) is -5.79. The second-order valence-electron chi connectivity index (χ2n) is 7.67. The van der Waals surface area contributed by atoms with Gasteiger partial charge in [0, 0.05) is 0 Å². The summed E-state index contributed by atoms with van der Waals surface area (Å²) in [5, 5.41) is 9.00. The van der Waals surface area contributed by atoms with Crippen LogP contribution >= 0.6 is 0 Å². The highest BCUT2D eigenvalue weighted by Crippen LogP contribution is 2.28. The van der Waals surface area contributed by atoms with Gasteiger partial charge in [-0.3, -0.25) is 14.4 Å². The van der Waals surface area contributed by atoms with Gasteiger partial charge in [0.2, 0.25) is 11.9 Å². The molecule has 33 heavy (non-hydrogen) atoms. The van der Waals surface area contributed by atoms with Crippen LogP contribution in [0.2, 0.25) is 0 Å². The molecule has 0 fully saturated rings. The van der Waals surface area contributed by atoms with E-state index in [-0.39, 0.29) is 28.0 Å². The highest BCUT2D eigenvalue weighted by molar-refractivity contribution is 7.86. The topological polar surface area (TPSA) is 210 Å². The first kappa shape index (κ1) is 26.8. The Balaban J connectivity index is 2.33. The van der Waals surface area contributed by atoms with Gasteiger partial charge in [-0.15, -0.1) is 9.97 Å². The van der Waals surface area contributed by atoms with E-state index in [2.05, 4.69) is 37.8 Å². The van der Waals surface area contributed by atoms with E-state index in [0.29, 0.717) is 13.3 Å². The quantitative estimate of drug-likeness (QED) is 0.0983. The van der Waals surface area contributed by atoms with Crippen LogP contribution in [0.15, 0.2) is 28.0 Å². The van der Waals surface area contributed by atoms with E-state index in [9.17, 15) is 25.9 Å². The summed E-state index contributed by atoms with van der Waals surface area (Å²) in [5.41, 5.74) is 5.41. The van der Waals surface area contributed by atoms with E-state index in [1.807, 2.05) is 0 Å². The Morgan fingerprint density at radius 3 is 2.33 bits per heavy atom. The lowest BCUT2D eigenvalue weighted by atomic mass is 10.3. The SMILES string of the molecule is CCCCNCNC[N+](C)(C)c1nc(N)nc(Nc2cc(S(=O)(=O)O)ccc2S(=O)(=O)O)n1. The maximum atomic E-state index is 11.7. The van der Waals surface area contributed by atoms with Gasteiger partial charge in [-0.25, -0.2) is 4.48 Å². The maximum absolute atomic E-state index is 11.7. The molecule has 2 rings (SSSR count). The van der Waals surface area contributed by atoms with Crippen molar-refractivity contribution in [3.8, 4) is 0 Å². The molecule has 1 aromatic carbocycles. The monoisotopic (exact) mass is 505 g/mol. The first-order valence-electron chi connectivity index (χ1n) is 9.86. The number of aromatic nitrogens is 3. The molecule has 0 spiro atoms. The molecule has 7 N–H and O–H groups in total. The molecule has 1 aromatic heterocycles. The lowest BCUT2D eigenvalue weighted by molar-refractivity contribution is 0.338. The molecule has 0 aliphatic heterocycles. The second kappa shape index (κ2) is 10.6. The number of nitrogens with one attached hydrogen (secondary N) is 3. The average Bonchev–Trinajstić information content (AvgIpc) is 2.68. The summed E-state index contributed by atoms with van der Waals surface area (Å²) in [6, 6.07) is 2.47. The van der Waals surface area contributed by atoms with Crippen molar-refractivity contribution >= 4 is 43.8 Å². The third-order valence-electron chi connectivity index (χ3n) is 4.42.